The molecule has 0 fully saturated rings. The van der Waals surface area contributed by atoms with Crippen molar-refractivity contribution in [2.75, 3.05) is 19.7 Å². The molecule has 1 rings (SSSR count). The molecule has 1 aromatic carbocycles. The molecular weight excluding hydrogens is 264 g/mol. The number of hydrogen-bond donors (Lipinski definition) is 3. The Balaban J connectivity index is 2.31. The Labute approximate surface area is 128 Å². The molecule has 0 aromatic heterocycles. The van der Waals surface area contributed by atoms with Crippen molar-refractivity contribution in [3.63, 3.8) is 0 Å². The lowest BCUT2D eigenvalue weighted by atomic mass is 9.86. The van der Waals surface area contributed by atoms with E-state index in [1.807, 2.05) is 6.92 Å². The Morgan fingerprint density at radius 2 is 1.81 bits per heavy atom. The maximum absolute atomic E-state index is 11.5. The number of rotatable bonds is 6. The quantitative estimate of drug-likeness (QED) is 0.754. The van der Waals surface area contributed by atoms with Gasteiger partial charge in [0.05, 0.1) is 0 Å². The molecule has 0 aliphatic rings. The average Bonchev–Trinajstić information content (AvgIpc) is 2.44. The van der Waals surface area contributed by atoms with Crippen molar-refractivity contribution in [1.29, 1.82) is 0 Å². The van der Waals surface area contributed by atoms with Crippen LogP contribution >= 0.6 is 0 Å². The van der Waals surface area contributed by atoms with E-state index >= 15 is 0 Å². The molecule has 0 saturated heterocycles. The molecule has 1 aromatic rings. The molecule has 118 valence electrons. The number of aliphatic hydroxyl groups excluding tert-OH is 1. The molecule has 0 spiro atoms. The van der Waals surface area contributed by atoms with Gasteiger partial charge in [-0.25, -0.2) is 4.79 Å². The Morgan fingerprint density at radius 3 is 2.33 bits per heavy atom. The van der Waals surface area contributed by atoms with Crippen LogP contribution in [0.1, 0.15) is 38.8 Å². The highest BCUT2D eigenvalue weighted by Gasteiger charge is 2.12. The predicted molar refractivity (Wildman–Crippen MR) is 86.5 cm³/mol. The standard InChI is InChI=1S/C17H28N2O2/c1-13(12-20)11-19-16(21)18-10-9-14-5-7-15(8-6-14)17(2,3)4/h5-8,13,20H,9-12H2,1-4H3,(H2,18,19,21). The number of urea groups is 1. The second-order valence-electron chi connectivity index (χ2n) is 6.62. The van der Waals surface area contributed by atoms with Crippen LogP contribution in [-0.2, 0) is 11.8 Å². The predicted octanol–water partition coefficient (Wildman–Crippen LogP) is 2.45. The molecule has 0 saturated carbocycles. The molecule has 2 amide bonds. The summed E-state index contributed by atoms with van der Waals surface area (Å²) in [5.74, 6) is 0.0840. The summed E-state index contributed by atoms with van der Waals surface area (Å²) in [5.41, 5.74) is 2.70. The van der Waals surface area contributed by atoms with Gasteiger partial charge in [-0.15, -0.1) is 0 Å². The third kappa shape index (κ3) is 6.63. The summed E-state index contributed by atoms with van der Waals surface area (Å²) in [5, 5.41) is 14.4. The number of carbonyl (C=O) groups is 1. The molecule has 21 heavy (non-hydrogen) atoms. The largest absolute Gasteiger partial charge is 0.396 e. The van der Waals surface area contributed by atoms with E-state index in [4.69, 9.17) is 5.11 Å². The lowest BCUT2D eigenvalue weighted by Crippen LogP contribution is -2.39. The number of carbonyl (C=O) groups excluding carboxylic acids is 1. The average molecular weight is 292 g/mol. The second-order valence-corrected chi connectivity index (χ2v) is 6.62. The van der Waals surface area contributed by atoms with E-state index < -0.39 is 0 Å². The van der Waals surface area contributed by atoms with Crippen molar-refractivity contribution >= 4 is 6.03 Å². The Bertz CT molecular complexity index is 435. The van der Waals surface area contributed by atoms with E-state index in [1.165, 1.54) is 11.1 Å². The van der Waals surface area contributed by atoms with E-state index in [1.54, 1.807) is 0 Å². The van der Waals surface area contributed by atoms with Crippen LogP contribution in [0.4, 0.5) is 4.79 Å². The fraction of sp³-hybridized carbons (Fsp3) is 0.588. The summed E-state index contributed by atoms with van der Waals surface area (Å²) in [6.45, 7) is 9.65. The summed E-state index contributed by atoms with van der Waals surface area (Å²) >= 11 is 0. The van der Waals surface area contributed by atoms with Gasteiger partial charge in [-0.3, -0.25) is 0 Å². The highest BCUT2D eigenvalue weighted by atomic mass is 16.3. The molecule has 0 heterocycles. The van der Waals surface area contributed by atoms with Crippen molar-refractivity contribution in [2.24, 2.45) is 5.92 Å². The van der Waals surface area contributed by atoms with E-state index in [0.717, 1.165) is 6.42 Å². The zero-order valence-corrected chi connectivity index (χ0v) is 13.6. The molecular formula is C17H28N2O2. The van der Waals surface area contributed by atoms with Crippen molar-refractivity contribution in [1.82, 2.24) is 10.6 Å². The Morgan fingerprint density at radius 1 is 1.19 bits per heavy atom. The molecule has 0 aliphatic heterocycles. The molecule has 0 aliphatic carbocycles. The first-order chi connectivity index (χ1) is 9.82. The number of nitrogens with one attached hydrogen (secondary N) is 2. The molecule has 0 bridgehead atoms. The van der Waals surface area contributed by atoms with Crippen LogP contribution in [0.3, 0.4) is 0 Å². The van der Waals surface area contributed by atoms with Gasteiger partial charge in [0, 0.05) is 19.7 Å². The normalized spacial score (nSPS) is 12.8. The smallest absolute Gasteiger partial charge is 0.314 e. The third-order valence-corrected chi connectivity index (χ3v) is 3.44. The van der Waals surface area contributed by atoms with Gasteiger partial charge in [-0.05, 0) is 28.9 Å². The summed E-state index contributed by atoms with van der Waals surface area (Å²) in [6, 6.07) is 8.36. The van der Waals surface area contributed by atoms with Gasteiger partial charge in [-0.1, -0.05) is 52.0 Å². The maximum Gasteiger partial charge on any atom is 0.314 e. The van der Waals surface area contributed by atoms with Crippen LogP contribution in [0, 0.1) is 5.92 Å². The van der Waals surface area contributed by atoms with Gasteiger partial charge in [0.1, 0.15) is 0 Å². The molecule has 1 unspecified atom stereocenters. The van der Waals surface area contributed by atoms with Gasteiger partial charge in [0.2, 0.25) is 0 Å². The first-order valence-corrected chi connectivity index (χ1v) is 7.55. The van der Waals surface area contributed by atoms with Gasteiger partial charge in [0.25, 0.3) is 0 Å². The minimum absolute atomic E-state index is 0.0837. The van der Waals surface area contributed by atoms with Crippen molar-refractivity contribution in [2.45, 2.75) is 39.5 Å². The zero-order valence-electron chi connectivity index (χ0n) is 13.6. The fourth-order valence-corrected chi connectivity index (χ4v) is 1.89. The third-order valence-electron chi connectivity index (χ3n) is 3.44. The lowest BCUT2D eigenvalue weighted by Gasteiger charge is -2.19. The minimum Gasteiger partial charge on any atom is -0.396 e. The molecule has 4 heteroatoms. The Hall–Kier alpha value is -1.55. The highest BCUT2D eigenvalue weighted by Crippen LogP contribution is 2.22. The van der Waals surface area contributed by atoms with Crippen molar-refractivity contribution in [3.8, 4) is 0 Å². The van der Waals surface area contributed by atoms with Gasteiger partial charge in [0.15, 0.2) is 0 Å². The zero-order chi connectivity index (χ0) is 15.9. The van der Waals surface area contributed by atoms with E-state index in [0.29, 0.717) is 13.1 Å². The van der Waals surface area contributed by atoms with E-state index in [-0.39, 0.29) is 24.0 Å². The minimum atomic E-state index is -0.179. The van der Waals surface area contributed by atoms with Crippen LogP contribution in [0.2, 0.25) is 0 Å². The van der Waals surface area contributed by atoms with Crippen molar-refractivity contribution in [3.05, 3.63) is 35.4 Å². The number of aliphatic hydroxyl groups is 1. The first kappa shape index (κ1) is 17.5. The second kappa shape index (κ2) is 8.03. The fourth-order valence-electron chi connectivity index (χ4n) is 1.89. The van der Waals surface area contributed by atoms with Crippen LogP contribution in [0.15, 0.2) is 24.3 Å². The van der Waals surface area contributed by atoms with Crippen LogP contribution < -0.4 is 10.6 Å². The summed E-state index contributed by atoms with van der Waals surface area (Å²) in [7, 11) is 0. The van der Waals surface area contributed by atoms with Gasteiger partial charge in [-0.2, -0.15) is 0 Å². The monoisotopic (exact) mass is 292 g/mol. The summed E-state index contributed by atoms with van der Waals surface area (Å²) in [4.78, 5) is 11.5. The van der Waals surface area contributed by atoms with Crippen LogP contribution in [0.25, 0.3) is 0 Å². The lowest BCUT2D eigenvalue weighted by molar-refractivity contribution is 0.222. The number of hydrogen-bond acceptors (Lipinski definition) is 2. The SMILES string of the molecule is CC(CO)CNC(=O)NCCc1ccc(C(C)(C)C)cc1. The van der Waals surface area contributed by atoms with Crippen LogP contribution in [0.5, 0.6) is 0 Å². The van der Waals surface area contributed by atoms with Gasteiger partial charge < -0.3 is 15.7 Å². The number of benzene rings is 1. The summed E-state index contributed by atoms with van der Waals surface area (Å²) in [6.07, 6.45) is 0.813. The van der Waals surface area contributed by atoms with E-state index in [2.05, 4.69) is 55.7 Å². The number of amides is 2. The highest BCUT2D eigenvalue weighted by molar-refractivity contribution is 5.73. The molecule has 4 nitrogen and oxygen atoms in total. The van der Waals surface area contributed by atoms with Crippen LogP contribution in [-0.4, -0.2) is 30.8 Å². The first-order valence-electron chi connectivity index (χ1n) is 7.55. The van der Waals surface area contributed by atoms with E-state index in [9.17, 15) is 4.79 Å². The maximum atomic E-state index is 11.5. The molecule has 3 N–H and O–H groups in total. The Kier molecular flexibility index (Phi) is 6.69. The van der Waals surface area contributed by atoms with Gasteiger partial charge >= 0.3 is 6.03 Å². The topological polar surface area (TPSA) is 61.4 Å². The molecule has 1 atom stereocenters. The molecule has 0 radical (unpaired) electrons. The summed E-state index contributed by atoms with van der Waals surface area (Å²) < 4.78 is 0. The van der Waals surface area contributed by atoms with Crippen molar-refractivity contribution < 1.29 is 9.90 Å².